The number of nitrogens with zero attached hydrogens (tertiary/aromatic N) is 1. The molecule has 150 valence electrons. The summed E-state index contributed by atoms with van der Waals surface area (Å²) in [5.74, 6) is -1.31. The van der Waals surface area contributed by atoms with Crippen molar-refractivity contribution in [1.29, 1.82) is 0 Å². The van der Waals surface area contributed by atoms with Gasteiger partial charge in [-0.15, -0.1) is 0 Å². The number of hydrogen-bond donors (Lipinski definition) is 1. The highest BCUT2D eigenvalue weighted by Crippen LogP contribution is 2.35. The van der Waals surface area contributed by atoms with Crippen molar-refractivity contribution in [3.63, 3.8) is 0 Å². The molecule has 1 aliphatic rings. The Hall–Kier alpha value is -3.32. The fourth-order valence-corrected chi connectivity index (χ4v) is 2.97. The molecule has 2 aromatic rings. The van der Waals surface area contributed by atoms with Crippen LogP contribution in [0.5, 0.6) is 5.75 Å². The van der Waals surface area contributed by atoms with Gasteiger partial charge < -0.3 is 14.8 Å². The number of para-hydroxylation sites is 2. The molecule has 1 aliphatic heterocycles. The summed E-state index contributed by atoms with van der Waals surface area (Å²) in [6, 6.07) is 13.0. The van der Waals surface area contributed by atoms with Crippen LogP contribution in [0.15, 0.2) is 59.3 Å². The highest BCUT2D eigenvalue weighted by Gasteiger charge is 2.40. The molecule has 3 rings (SSSR count). The zero-order valence-electron chi connectivity index (χ0n) is 15.9. The Labute approximate surface area is 172 Å². The smallest absolute Gasteiger partial charge is 0.338 e. The molecule has 1 heterocycles. The van der Waals surface area contributed by atoms with Crippen molar-refractivity contribution >= 4 is 40.8 Å². The number of benzene rings is 2. The summed E-state index contributed by atoms with van der Waals surface area (Å²) in [7, 11) is 1.45. The lowest BCUT2D eigenvalue weighted by Gasteiger charge is -2.17. The highest BCUT2D eigenvalue weighted by molar-refractivity contribution is 6.53. The number of anilines is 2. The van der Waals surface area contributed by atoms with Crippen LogP contribution in [-0.4, -0.2) is 31.5 Å². The molecule has 8 heteroatoms. The third-order valence-corrected chi connectivity index (χ3v) is 4.53. The highest BCUT2D eigenvalue weighted by atomic mass is 35.5. The van der Waals surface area contributed by atoms with E-state index in [9.17, 15) is 14.4 Å². The molecule has 0 spiro atoms. The van der Waals surface area contributed by atoms with Crippen molar-refractivity contribution < 1.29 is 23.9 Å². The third kappa shape index (κ3) is 4.09. The van der Waals surface area contributed by atoms with E-state index < -0.39 is 17.8 Å². The molecule has 0 atom stereocenters. The number of amides is 2. The van der Waals surface area contributed by atoms with Gasteiger partial charge in [-0.2, -0.15) is 0 Å². The van der Waals surface area contributed by atoms with E-state index in [0.29, 0.717) is 29.3 Å². The van der Waals surface area contributed by atoms with E-state index in [1.165, 1.54) is 7.11 Å². The SMILES string of the molecule is CCCOC(=O)c1ccc(NC2=C(Cl)C(=O)N(c3ccccc3OC)C2=O)cc1. The second-order valence-electron chi connectivity index (χ2n) is 6.14. The molecule has 7 nitrogen and oxygen atoms in total. The summed E-state index contributed by atoms with van der Waals surface area (Å²) in [6.07, 6.45) is 0.733. The van der Waals surface area contributed by atoms with Crippen molar-refractivity contribution in [2.24, 2.45) is 0 Å². The summed E-state index contributed by atoms with van der Waals surface area (Å²) >= 11 is 6.14. The maximum absolute atomic E-state index is 12.9. The molecule has 0 aliphatic carbocycles. The zero-order chi connectivity index (χ0) is 21.0. The van der Waals surface area contributed by atoms with Crippen LogP contribution in [0.25, 0.3) is 0 Å². The first-order valence-corrected chi connectivity index (χ1v) is 9.31. The number of ether oxygens (including phenoxy) is 2. The van der Waals surface area contributed by atoms with Gasteiger partial charge in [-0.25, -0.2) is 9.69 Å². The van der Waals surface area contributed by atoms with Crippen LogP contribution in [0.4, 0.5) is 11.4 Å². The van der Waals surface area contributed by atoms with Crippen molar-refractivity contribution in [2.75, 3.05) is 23.9 Å². The average molecular weight is 415 g/mol. The van der Waals surface area contributed by atoms with Gasteiger partial charge in [0.1, 0.15) is 16.5 Å². The van der Waals surface area contributed by atoms with Crippen LogP contribution in [0.2, 0.25) is 0 Å². The lowest BCUT2D eigenvalue weighted by molar-refractivity contribution is -0.120. The van der Waals surface area contributed by atoms with Crippen LogP contribution < -0.4 is 15.0 Å². The van der Waals surface area contributed by atoms with Crippen LogP contribution >= 0.6 is 11.6 Å². The Balaban J connectivity index is 1.80. The molecular weight excluding hydrogens is 396 g/mol. The summed E-state index contributed by atoms with van der Waals surface area (Å²) in [6.45, 7) is 2.25. The predicted molar refractivity (Wildman–Crippen MR) is 109 cm³/mol. The molecule has 0 radical (unpaired) electrons. The minimum absolute atomic E-state index is 0.0520. The Bertz CT molecular complexity index is 985. The number of methoxy groups -OCH3 is 1. The molecule has 0 fully saturated rings. The van der Waals surface area contributed by atoms with Crippen molar-refractivity contribution in [3.8, 4) is 5.75 Å². The Morgan fingerprint density at radius 1 is 1.07 bits per heavy atom. The van der Waals surface area contributed by atoms with E-state index in [0.717, 1.165) is 11.3 Å². The molecule has 2 aromatic carbocycles. The summed E-state index contributed by atoms with van der Waals surface area (Å²) < 4.78 is 10.3. The zero-order valence-corrected chi connectivity index (χ0v) is 16.7. The number of hydrogen-bond acceptors (Lipinski definition) is 6. The predicted octanol–water partition coefficient (Wildman–Crippen LogP) is 3.70. The summed E-state index contributed by atoms with van der Waals surface area (Å²) in [5.41, 5.74) is 1.12. The Kier molecular flexibility index (Phi) is 6.19. The summed E-state index contributed by atoms with van der Waals surface area (Å²) in [5, 5.41) is 2.63. The number of halogens is 1. The second-order valence-corrected chi connectivity index (χ2v) is 6.52. The van der Waals surface area contributed by atoms with E-state index in [-0.39, 0.29) is 10.7 Å². The number of nitrogens with one attached hydrogen (secondary N) is 1. The van der Waals surface area contributed by atoms with Gasteiger partial charge in [-0.1, -0.05) is 30.7 Å². The number of carbonyl (C=O) groups excluding carboxylic acids is 3. The third-order valence-electron chi connectivity index (χ3n) is 4.18. The number of carbonyl (C=O) groups is 3. The van der Waals surface area contributed by atoms with E-state index in [1.807, 2.05) is 6.92 Å². The second kappa shape index (κ2) is 8.79. The van der Waals surface area contributed by atoms with Gasteiger partial charge in [0.25, 0.3) is 11.8 Å². The molecule has 2 amide bonds. The maximum Gasteiger partial charge on any atom is 0.338 e. The van der Waals surface area contributed by atoms with Crippen molar-refractivity contribution in [1.82, 2.24) is 0 Å². The van der Waals surface area contributed by atoms with Crippen molar-refractivity contribution in [2.45, 2.75) is 13.3 Å². The standard InChI is InChI=1S/C21H19ClN2O5/c1-3-12-29-21(27)13-8-10-14(11-9-13)23-18-17(22)19(25)24(20(18)26)15-6-4-5-7-16(15)28-2/h4-11,23H,3,12H2,1-2H3. The molecule has 0 saturated heterocycles. The molecular formula is C21H19ClN2O5. The fraction of sp³-hybridized carbons (Fsp3) is 0.190. The van der Waals surface area contributed by atoms with E-state index >= 15 is 0 Å². The maximum atomic E-state index is 12.9. The first kappa shape index (κ1) is 20.4. The largest absolute Gasteiger partial charge is 0.495 e. The van der Waals surface area contributed by atoms with Gasteiger partial charge in [-0.3, -0.25) is 9.59 Å². The monoisotopic (exact) mass is 414 g/mol. The van der Waals surface area contributed by atoms with Crippen LogP contribution in [0.3, 0.4) is 0 Å². The molecule has 1 N–H and O–H groups in total. The van der Waals surface area contributed by atoms with Gasteiger partial charge in [0, 0.05) is 5.69 Å². The van der Waals surface area contributed by atoms with Gasteiger partial charge in [0.15, 0.2) is 0 Å². The minimum atomic E-state index is -0.650. The van der Waals surface area contributed by atoms with Gasteiger partial charge in [0.2, 0.25) is 0 Å². The van der Waals surface area contributed by atoms with Gasteiger partial charge >= 0.3 is 5.97 Å². The Morgan fingerprint density at radius 3 is 2.41 bits per heavy atom. The van der Waals surface area contributed by atoms with E-state index in [1.54, 1.807) is 48.5 Å². The first-order valence-electron chi connectivity index (χ1n) is 8.93. The fourth-order valence-electron chi connectivity index (χ4n) is 2.76. The molecule has 0 unspecified atom stereocenters. The van der Waals surface area contributed by atoms with Crippen LogP contribution in [-0.2, 0) is 14.3 Å². The normalized spacial score (nSPS) is 13.7. The minimum Gasteiger partial charge on any atom is -0.495 e. The molecule has 0 aromatic heterocycles. The Morgan fingerprint density at radius 2 is 1.76 bits per heavy atom. The van der Waals surface area contributed by atoms with Crippen LogP contribution in [0, 0.1) is 0 Å². The number of esters is 1. The molecule has 0 bridgehead atoms. The number of rotatable bonds is 7. The van der Waals surface area contributed by atoms with Crippen LogP contribution in [0.1, 0.15) is 23.7 Å². The van der Waals surface area contributed by atoms with E-state index in [2.05, 4.69) is 5.32 Å². The van der Waals surface area contributed by atoms with Gasteiger partial charge in [0.05, 0.1) is 25.0 Å². The summed E-state index contributed by atoms with van der Waals surface area (Å²) in [4.78, 5) is 38.3. The quantitative estimate of drug-likeness (QED) is 0.549. The first-order chi connectivity index (χ1) is 14.0. The van der Waals surface area contributed by atoms with E-state index in [4.69, 9.17) is 21.1 Å². The number of imide groups is 1. The lowest BCUT2D eigenvalue weighted by atomic mass is 10.2. The molecule has 0 saturated carbocycles. The van der Waals surface area contributed by atoms with Gasteiger partial charge in [-0.05, 0) is 42.8 Å². The van der Waals surface area contributed by atoms with Crippen molar-refractivity contribution in [3.05, 3.63) is 64.8 Å². The topological polar surface area (TPSA) is 84.9 Å². The molecule has 29 heavy (non-hydrogen) atoms. The lowest BCUT2D eigenvalue weighted by Crippen LogP contribution is -2.32. The average Bonchev–Trinajstić information content (AvgIpc) is 2.95.